The molecule has 3 rings (SSSR count). The summed E-state index contributed by atoms with van der Waals surface area (Å²) in [6.07, 6.45) is 5.33. The van der Waals surface area contributed by atoms with Crippen LogP contribution in [0.3, 0.4) is 0 Å². The first-order valence-electron chi connectivity index (χ1n) is 8.40. The van der Waals surface area contributed by atoms with E-state index in [1.807, 2.05) is 0 Å². The molecule has 1 aromatic rings. The van der Waals surface area contributed by atoms with Gasteiger partial charge in [0.15, 0.2) is 0 Å². The van der Waals surface area contributed by atoms with Gasteiger partial charge in [0.05, 0.1) is 0 Å². The second-order valence-electron chi connectivity index (χ2n) is 6.95. The van der Waals surface area contributed by atoms with Crippen LogP contribution in [-0.4, -0.2) is 49.6 Å². The van der Waals surface area contributed by atoms with Gasteiger partial charge in [-0.25, -0.2) is 0 Å². The zero-order valence-corrected chi connectivity index (χ0v) is 13.5. The van der Waals surface area contributed by atoms with Crippen LogP contribution in [0.15, 0.2) is 24.3 Å². The van der Waals surface area contributed by atoms with Crippen molar-refractivity contribution in [2.24, 2.45) is 5.73 Å². The van der Waals surface area contributed by atoms with Crippen molar-refractivity contribution in [1.29, 1.82) is 0 Å². The number of nitrogens with two attached hydrogens (primary N) is 1. The summed E-state index contributed by atoms with van der Waals surface area (Å²) in [4.78, 5) is 4.98. The van der Waals surface area contributed by atoms with Gasteiger partial charge in [0.25, 0.3) is 0 Å². The number of nitrogens with zero attached hydrogens (tertiary/aromatic N) is 2. The quantitative estimate of drug-likeness (QED) is 0.873. The molecule has 2 unspecified atom stereocenters. The first-order chi connectivity index (χ1) is 10.2. The van der Waals surface area contributed by atoms with Gasteiger partial charge in [0.1, 0.15) is 0 Å². The summed E-state index contributed by atoms with van der Waals surface area (Å²) in [5.41, 5.74) is 9.26. The minimum Gasteiger partial charge on any atom is -0.329 e. The Kier molecular flexibility index (Phi) is 4.63. The SMILES string of the molecule is CN(C)CC1CCCN1C(CN)c1ccccc1C1CC1. The third-order valence-corrected chi connectivity index (χ3v) is 4.99. The zero-order valence-electron chi connectivity index (χ0n) is 13.5. The van der Waals surface area contributed by atoms with E-state index in [1.165, 1.54) is 37.8 Å². The van der Waals surface area contributed by atoms with Crippen molar-refractivity contribution in [3.8, 4) is 0 Å². The predicted octanol–water partition coefficient (Wildman–Crippen LogP) is 2.59. The highest BCUT2D eigenvalue weighted by atomic mass is 15.2. The Hall–Kier alpha value is -0.900. The van der Waals surface area contributed by atoms with E-state index in [0.717, 1.165) is 19.0 Å². The fraction of sp³-hybridized carbons (Fsp3) is 0.667. The van der Waals surface area contributed by atoms with Gasteiger partial charge in [0, 0.05) is 25.2 Å². The van der Waals surface area contributed by atoms with Gasteiger partial charge in [-0.1, -0.05) is 24.3 Å². The molecule has 2 atom stereocenters. The lowest BCUT2D eigenvalue weighted by atomic mass is 9.95. The summed E-state index contributed by atoms with van der Waals surface area (Å²) in [5, 5.41) is 0. The third-order valence-electron chi connectivity index (χ3n) is 4.99. The molecule has 1 heterocycles. The Morgan fingerprint density at radius 1 is 1.24 bits per heavy atom. The first kappa shape index (κ1) is 15.0. The number of likely N-dealkylation sites (tertiary alicyclic amines) is 1. The zero-order chi connectivity index (χ0) is 14.8. The van der Waals surface area contributed by atoms with Crippen molar-refractivity contribution in [3.05, 3.63) is 35.4 Å². The van der Waals surface area contributed by atoms with Gasteiger partial charge in [-0.05, 0) is 63.4 Å². The highest BCUT2D eigenvalue weighted by Crippen LogP contribution is 2.44. The average Bonchev–Trinajstić information content (AvgIpc) is 3.22. The highest BCUT2D eigenvalue weighted by Gasteiger charge is 2.34. The van der Waals surface area contributed by atoms with Crippen molar-refractivity contribution < 1.29 is 0 Å². The molecule has 1 saturated heterocycles. The van der Waals surface area contributed by atoms with Gasteiger partial charge in [0.2, 0.25) is 0 Å². The van der Waals surface area contributed by atoms with Crippen LogP contribution < -0.4 is 5.73 Å². The van der Waals surface area contributed by atoms with Crippen molar-refractivity contribution in [2.45, 2.75) is 43.7 Å². The molecule has 1 aromatic carbocycles. The fourth-order valence-electron chi connectivity index (χ4n) is 3.91. The maximum atomic E-state index is 6.21. The smallest absolute Gasteiger partial charge is 0.0476 e. The molecule has 0 amide bonds. The second-order valence-corrected chi connectivity index (χ2v) is 6.95. The Labute approximate surface area is 129 Å². The molecule has 0 bridgehead atoms. The van der Waals surface area contributed by atoms with Crippen molar-refractivity contribution in [3.63, 3.8) is 0 Å². The number of hydrogen-bond donors (Lipinski definition) is 1. The molecule has 1 aliphatic heterocycles. The maximum absolute atomic E-state index is 6.21. The Morgan fingerprint density at radius 2 is 2.00 bits per heavy atom. The van der Waals surface area contributed by atoms with E-state index < -0.39 is 0 Å². The summed E-state index contributed by atoms with van der Waals surface area (Å²) < 4.78 is 0. The standard InChI is InChI=1S/C18H29N3/c1-20(2)13-15-6-5-11-21(15)18(12-19)17-8-4-3-7-16(17)14-9-10-14/h3-4,7-8,14-15,18H,5-6,9-13,19H2,1-2H3. The van der Waals surface area contributed by atoms with Gasteiger partial charge >= 0.3 is 0 Å². The van der Waals surface area contributed by atoms with E-state index in [9.17, 15) is 0 Å². The first-order valence-corrected chi connectivity index (χ1v) is 8.40. The molecule has 2 N–H and O–H groups in total. The van der Waals surface area contributed by atoms with Gasteiger partial charge < -0.3 is 10.6 Å². The molecule has 0 spiro atoms. The highest BCUT2D eigenvalue weighted by molar-refractivity contribution is 5.36. The van der Waals surface area contributed by atoms with E-state index in [4.69, 9.17) is 5.73 Å². The Balaban J connectivity index is 1.84. The molecule has 116 valence electrons. The van der Waals surface area contributed by atoms with E-state index in [0.29, 0.717) is 12.1 Å². The summed E-state index contributed by atoms with van der Waals surface area (Å²) in [6, 6.07) is 10.1. The molecule has 1 aliphatic carbocycles. The Bertz CT molecular complexity index is 467. The van der Waals surface area contributed by atoms with Crippen molar-refractivity contribution >= 4 is 0 Å². The van der Waals surface area contributed by atoms with Crippen LogP contribution in [0, 0.1) is 0 Å². The van der Waals surface area contributed by atoms with Crippen molar-refractivity contribution in [2.75, 3.05) is 33.7 Å². The van der Waals surface area contributed by atoms with Gasteiger partial charge in [-0.15, -0.1) is 0 Å². The molecular weight excluding hydrogens is 258 g/mol. The third kappa shape index (κ3) is 3.31. The van der Waals surface area contributed by atoms with Gasteiger partial charge in [-0.2, -0.15) is 0 Å². The van der Waals surface area contributed by atoms with E-state index in [-0.39, 0.29) is 0 Å². The van der Waals surface area contributed by atoms with Crippen LogP contribution in [0.1, 0.15) is 48.8 Å². The predicted molar refractivity (Wildman–Crippen MR) is 88.5 cm³/mol. The molecule has 0 aromatic heterocycles. The average molecular weight is 287 g/mol. The normalized spacial score (nSPS) is 24.7. The van der Waals surface area contributed by atoms with E-state index in [1.54, 1.807) is 5.56 Å². The molecule has 3 nitrogen and oxygen atoms in total. The molecule has 2 fully saturated rings. The molecule has 0 radical (unpaired) electrons. The minimum absolute atomic E-state index is 0.397. The monoisotopic (exact) mass is 287 g/mol. The molecule has 1 saturated carbocycles. The van der Waals surface area contributed by atoms with E-state index >= 15 is 0 Å². The van der Waals surface area contributed by atoms with Crippen LogP contribution in [-0.2, 0) is 0 Å². The lowest BCUT2D eigenvalue weighted by Crippen LogP contribution is -2.42. The largest absolute Gasteiger partial charge is 0.329 e. The van der Waals surface area contributed by atoms with Crippen LogP contribution in [0.25, 0.3) is 0 Å². The van der Waals surface area contributed by atoms with Gasteiger partial charge in [-0.3, -0.25) is 4.90 Å². The van der Waals surface area contributed by atoms with Crippen LogP contribution >= 0.6 is 0 Å². The topological polar surface area (TPSA) is 32.5 Å². The van der Waals surface area contributed by atoms with Crippen molar-refractivity contribution in [1.82, 2.24) is 9.80 Å². The van der Waals surface area contributed by atoms with Crippen LogP contribution in [0.4, 0.5) is 0 Å². The number of rotatable bonds is 6. The number of likely N-dealkylation sites (N-methyl/N-ethyl adjacent to an activating group) is 1. The minimum atomic E-state index is 0.397. The lowest BCUT2D eigenvalue weighted by Gasteiger charge is -2.35. The summed E-state index contributed by atoms with van der Waals surface area (Å²) in [7, 11) is 4.35. The van der Waals surface area contributed by atoms with Crippen LogP contribution in [0.2, 0.25) is 0 Å². The van der Waals surface area contributed by atoms with E-state index in [2.05, 4.69) is 48.2 Å². The molecular formula is C18H29N3. The molecule has 21 heavy (non-hydrogen) atoms. The Morgan fingerprint density at radius 3 is 2.67 bits per heavy atom. The number of benzene rings is 1. The summed E-state index contributed by atoms with van der Waals surface area (Å²) >= 11 is 0. The fourth-order valence-corrected chi connectivity index (χ4v) is 3.91. The number of hydrogen-bond acceptors (Lipinski definition) is 3. The van der Waals surface area contributed by atoms with Crippen LogP contribution in [0.5, 0.6) is 0 Å². The maximum Gasteiger partial charge on any atom is 0.0476 e. The molecule has 3 heteroatoms. The molecule has 2 aliphatic rings. The summed E-state index contributed by atoms with van der Waals surface area (Å²) in [5.74, 6) is 0.796. The second kappa shape index (κ2) is 6.47. The summed E-state index contributed by atoms with van der Waals surface area (Å²) in [6.45, 7) is 3.06. The lowest BCUT2D eigenvalue weighted by molar-refractivity contribution is 0.155.